The normalized spacial score (nSPS) is 40.2. The van der Waals surface area contributed by atoms with Crippen molar-refractivity contribution >= 4 is 0 Å². The molecule has 4 heteroatoms. The Morgan fingerprint density at radius 1 is 0.500 bits per heavy atom. The number of hydrogen-bond acceptors (Lipinski definition) is 0. The van der Waals surface area contributed by atoms with E-state index in [1.165, 1.54) is 73.7 Å². The van der Waals surface area contributed by atoms with Crippen LogP contribution in [0.15, 0.2) is 0 Å². The molecule has 0 atom stereocenters. The van der Waals surface area contributed by atoms with Gasteiger partial charge in [-0.1, -0.05) is 0 Å². The first kappa shape index (κ1) is 21.7. The van der Waals surface area contributed by atoms with Gasteiger partial charge in [-0.25, -0.2) is 0 Å². The maximum atomic E-state index is 2.58. The van der Waals surface area contributed by atoms with Gasteiger partial charge in [-0.2, -0.15) is 0 Å². The molecule has 0 N–H and O–H groups in total. The molecule has 2 nitrogen and oxygen atoms in total. The third-order valence-electron chi connectivity index (χ3n) is 8.40. The van der Waals surface area contributed by atoms with E-state index in [4.69, 9.17) is 0 Å². The van der Waals surface area contributed by atoms with Gasteiger partial charge in [-0.3, -0.25) is 0 Å². The molecule has 0 unspecified atom stereocenters. The van der Waals surface area contributed by atoms with Crippen molar-refractivity contribution in [1.82, 2.24) is 0 Å². The van der Waals surface area contributed by atoms with Crippen LogP contribution < -0.4 is 48.0 Å². The van der Waals surface area contributed by atoms with E-state index >= 15 is 0 Å². The third kappa shape index (κ3) is 4.11. The number of hydrogen-bond donors (Lipinski definition) is 0. The molecule has 0 aromatic heterocycles. The number of fused-ring (bicyclic) bond motifs is 1. The van der Waals surface area contributed by atoms with E-state index in [9.17, 15) is 0 Å². The largest absolute Gasteiger partial charge is 1.00 e. The van der Waals surface area contributed by atoms with Crippen molar-refractivity contribution in [2.24, 2.45) is 11.8 Å². The van der Waals surface area contributed by atoms with Crippen molar-refractivity contribution < 1.29 is 56.9 Å². The van der Waals surface area contributed by atoms with Gasteiger partial charge in [-0.05, 0) is 50.4 Å². The van der Waals surface area contributed by atoms with Crippen LogP contribution in [-0.4, -0.2) is 61.3 Å². The van der Waals surface area contributed by atoms with E-state index in [-0.39, 0.29) is 48.0 Å². The highest BCUT2D eigenvalue weighted by molar-refractivity contribution is 4.93. The third-order valence-corrected chi connectivity index (χ3v) is 8.40. The molecule has 0 amide bonds. The topological polar surface area (TPSA) is 0 Å². The Morgan fingerprint density at radius 3 is 1.08 bits per heavy atom. The lowest BCUT2D eigenvalue weighted by Crippen LogP contribution is -3.00. The number of quaternary nitrogens is 2. The van der Waals surface area contributed by atoms with Gasteiger partial charge in [0.05, 0.1) is 52.4 Å². The van der Waals surface area contributed by atoms with Crippen LogP contribution in [0.25, 0.3) is 0 Å². The van der Waals surface area contributed by atoms with Gasteiger partial charge >= 0.3 is 0 Å². The van der Waals surface area contributed by atoms with Crippen LogP contribution in [0.4, 0.5) is 0 Å². The molecule has 0 spiro atoms. The zero-order chi connectivity index (χ0) is 15.2. The lowest BCUT2D eigenvalue weighted by molar-refractivity contribution is -0.940. The molecule has 2 saturated heterocycles. The maximum absolute atomic E-state index is 2.58. The second-order valence-corrected chi connectivity index (χ2v) is 9.75. The fourth-order valence-electron chi connectivity index (χ4n) is 6.77. The highest BCUT2D eigenvalue weighted by Crippen LogP contribution is 2.50. The van der Waals surface area contributed by atoms with Gasteiger partial charge in [-0.15, -0.1) is 0 Å². The Morgan fingerprint density at radius 2 is 0.792 bits per heavy atom. The molecular weight excluding hydrogens is 522 g/mol. The number of nitrogens with zero attached hydrogens (tertiary/aromatic N) is 2. The zero-order valence-electron chi connectivity index (χ0n) is 15.9. The van der Waals surface area contributed by atoms with Gasteiger partial charge < -0.3 is 56.9 Å². The van der Waals surface area contributed by atoms with E-state index < -0.39 is 0 Å². The Bertz CT molecular complexity index is 352. The maximum Gasteiger partial charge on any atom is 0.0893 e. The van der Waals surface area contributed by atoms with E-state index in [2.05, 4.69) is 14.1 Å². The number of rotatable bonds is 2. The Kier molecular flexibility index (Phi) is 7.76. The van der Waals surface area contributed by atoms with Crippen LogP contribution in [0.5, 0.6) is 0 Å². The second kappa shape index (κ2) is 8.59. The molecule has 2 heterocycles. The molecule has 0 bridgehead atoms. The number of likely N-dealkylation sites (tertiary alicyclic amines) is 2. The summed E-state index contributed by atoms with van der Waals surface area (Å²) < 4.78 is 2.87. The van der Waals surface area contributed by atoms with Crippen molar-refractivity contribution in [2.45, 2.75) is 76.3 Å². The summed E-state index contributed by atoms with van der Waals surface area (Å²) in [7, 11) is 5.17. The summed E-state index contributed by atoms with van der Waals surface area (Å²) in [6.07, 6.45) is 15.2. The van der Waals surface area contributed by atoms with Crippen molar-refractivity contribution in [2.75, 3.05) is 40.3 Å². The zero-order valence-corrected chi connectivity index (χ0v) is 20.2. The van der Waals surface area contributed by atoms with Crippen LogP contribution in [0.2, 0.25) is 0 Å². The van der Waals surface area contributed by atoms with E-state index in [0.717, 1.165) is 23.9 Å². The summed E-state index contributed by atoms with van der Waals surface area (Å²) in [5.41, 5.74) is 0. The smallest absolute Gasteiger partial charge is 0.0893 e. The van der Waals surface area contributed by atoms with Crippen molar-refractivity contribution in [3.8, 4) is 0 Å². The quantitative estimate of drug-likeness (QED) is 0.266. The van der Waals surface area contributed by atoms with Crippen molar-refractivity contribution in [3.63, 3.8) is 0 Å². The predicted molar refractivity (Wildman–Crippen MR) is 92.6 cm³/mol. The second-order valence-electron chi connectivity index (χ2n) is 9.75. The summed E-state index contributed by atoms with van der Waals surface area (Å²) in [5, 5.41) is 0. The minimum Gasteiger partial charge on any atom is -1.00 e. The fraction of sp³-hybridized carbons (Fsp3) is 1.00. The molecule has 0 aromatic rings. The minimum absolute atomic E-state index is 0. The van der Waals surface area contributed by atoms with Crippen LogP contribution in [0.3, 0.4) is 0 Å². The highest BCUT2D eigenvalue weighted by Gasteiger charge is 2.52. The minimum atomic E-state index is 0. The lowest BCUT2D eigenvalue weighted by atomic mass is 9.98. The summed E-state index contributed by atoms with van der Waals surface area (Å²) in [6, 6.07) is 2.03. The van der Waals surface area contributed by atoms with Crippen LogP contribution in [-0.2, 0) is 0 Å². The van der Waals surface area contributed by atoms with Gasteiger partial charge in [0, 0.05) is 25.7 Å². The number of piperidine rings is 2. The monoisotopic (exact) mass is 560 g/mol. The predicted octanol–water partition coefficient (Wildman–Crippen LogP) is -2.19. The van der Waals surface area contributed by atoms with Crippen LogP contribution >= 0.6 is 0 Å². The molecule has 4 fully saturated rings. The first-order chi connectivity index (χ1) is 10.6. The molecule has 4 aliphatic rings. The summed E-state index contributed by atoms with van der Waals surface area (Å²) in [4.78, 5) is 0. The van der Waals surface area contributed by atoms with Gasteiger partial charge in [0.1, 0.15) is 0 Å². The SMILES string of the molecule is C[N+]1(C2CC3CC([N+]4(C)CCCCC4)CC3C2)CCCCC1.[I-].[I-]. The molecular formula is C20H38I2N2. The molecule has 4 rings (SSSR count). The van der Waals surface area contributed by atoms with Crippen LogP contribution in [0.1, 0.15) is 64.2 Å². The van der Waals surface area contributed by atoms with E-state index in [1.807, 2.05) is 0 Å². The summed E-state index contributed by atoms with van der Waals surface area (Å²) >= 11 is 0. The van der Waals surface area contributed by atoms with E-state index in [1.54, 1.807) is 25.7 Å². The Hall–Kier alpha value is 1.38. The molecule has 2 aliphatic carbocycles. The molecule has 0 aromatic carbocycles. The van der Waals surface area contributed by atoms with Crippen molar-refractivity contribution in [1.29, 1.82) is 0 Å². The summed E-state index contributed by atoms with van der Waals surface area (Å²) in [5.74, 6) is 2.17. The molecule has 2 saturated carbocycles. The Balaban J connectivity index is 0.00000104. The lowest BCUT2D eigenvalue weighted by Gasteiger charge is -2.45. The van der Waals surface area contributed by atoms with Gasteiger partial charge in [0.15, 0.2) is 0 Å². The molecule has 142 valence electrons. The average Bonchev–Trinajstić information content (AvgIpc) is 3.08. The molecule has 2 aliphatic heterocycles. The molecule has 0 radical (unpaired) electrons. The highest BCUT2D eigenvalue weighted by atomic mass is 127. The van der Waals surface area contributed by atoms with Crippen LogP contribution in [0, 0.1) is 11.8 Å². The number of halogens is 2. The standard InChI is InChI=1S/C20H38N2.2HI/c1-21(9-5-3-6-10-21)19-13-17-15-20(16-18(17)14-19)22(2)11-7-4-8-12-22;;/h17-20H,3-16H2,1-2H3;2*1H/q+2;;/p-2. The Labute approximate surface area is 184 Å². The van der Waals surface area contributed by atoms with Gasteiger partial charge in [0.2, 0.25) is 0 Å². The molecule has 24 heavy (non-hydrogen) atoms. The first-order valence-corrected chi connectivity index (χ1v) is 10.3. The summed E-state index contributed by atoms with van der Waals surface area (Å²) in [6.45, 7) is 5.89. The van der Waals surface area contributed by atoms with Gasteiger partial charge in [0.25, 0.3) is 0 Å². The van der Waals surface area contributed by atoms with Crippen molar-refractivity contribution in [3.05, 3.63) is 0 Å². The van der Waals surface area contributed by atoms with E-state index in [0.29, 0.717) is 0 Å². The fourth-order valence-corrected chi connectivity index (χ4v) is 6.77. The first-order valence-electron chi connectivity index (χ1n) is 10.3. The average molecular weight is 560 g/mol.